The lowest BCUT2D eigenvalue weighted by atomic mass is 10.1. The van der Waals surface area contributed by atoms with Gasteiger partial charge in [0.05, 0.1) is 5.25 Å². The van der Waals surface area contributed by atoms with Crippen molar-refractivity contribution in [1.82, 2.24) is 5.32 Å². The monoisotopic (exact) mass is 642 g/mol. The Bertz CT molecular complexity index is 1560. The summed E-state index contributed by atoms with van der Waals surface area (Å²) >= 11 is 4.80. The van der Waals surface area contributed by atoms with Gasteiger partial charge in [-0.1, -0.05) is 46.3 Å². The van der Waals surface area contributed by atoms with E-state index in [1.165, 1.54) is 11.8 Å². The van der Waals surface area contributed by atoms with Crippen LogP contribution in [-0.2, 0) is 9.59 Å². The van der Waals surface area contributed by atoms with Gasteiger partial charge in [-0.15, -0.1) is 11.8 Å². The molecular formula is C33H31BrN4O3S. The van der Waals surface area contributed by atoms with Gasteiger partial charge < -0.3 is 20.9 Å². The average Bonchev–Trinajstić information content (AvgIpc) is 2.99. The predicted molar refractivity (Wildman–Crippen MR) is 176 cm³/mol. The van der Waals surface area contributed by atoms with E-state index in [-0.39, 0.29) is 22.8 Å². The Kier molecular flexibility index (Phi) is 10.6. The SMILES string of the molecule is CC(Sc1ccc(NC(=O)/C(=C/c2ccc(N(C)C)cc2)NC(=O)c2ccccc2)cc1)C(=O)Nc1ccc(Br)cc1. The van der Waals surface area contributed by atoms with Crippen molar-refractivity contribution >= 4 is 68.6 Å². The van der Waals surface area contributed by atoms with Crippen LogP contribution in [0.25, 0.3) is 6.08 Å². The minimum atomic E-state index is -0.460. The fourth-order valence-corrected chi connectivity index (χ4v) is 4.96. The van der Waals surface area contributed by atoms with E-state index >= 15 is 0 Å². The maximum Gasteiger partial charge on any atom is 0.272 e. The number of benzene rings is 4. The van der Waals surface area contributed by atoms with Gasteiger partial charge in [-0.05, 0) is 91.4 Å². The van der Waals surface area contributed by atoms with Crippen molar-refractivity contribution in [3.63, 3.8) is 0 Å². The molecule has 0 saturated heterocycles. The van der Waals surface area contributed by atoms with Crippen molar-refractivity contribution in [2.75, 3.05) is 29.6 Å². The standard InChI is InChI=1S/C33H31BrN4O3S/c1-22(31(39)35-26-13-11-25(34)12-14-26)42-29-19-15-27(16-20-29)36-33(41)30(37-32(40)24-7-5-4-6-8-24)21-23-9-17-28(18-10-23)38(2)3/h4-22H,1-3H3,(H,35,39)(H,36,41)(H,37,40)/b30-21-. The highest BCUT2D eigenvalue weighted by molar-refractivity contribution is 9.10. The molecule has 0 radical (unpaired) electrons. The number of carbonyl (C=O) groups excluding carboxylic acids is 3. The molecule has 0 fully saturated rings. The van der Waals surface area contributed by atoms with E-state index in [0.717, 1.165) is 26.3 Å². The molecule has 214 valence electrons. The molecule has 3 amide bonds. The van der Waals surface area contributed by atoms with E-state index in [4.69, 9.17) is 0 Å². The molecule has 0 bridgehead atoms. The fraction of sp³-hybridized carbons (Fsp3) is 0.121. The Balaban J connectivity index is 1.44. The van der Waals surface area contributed by atoms with Gasteiger partial charge in [-0.2, -0.15) is 0 Å². The summed E-state index contributed by atoms with van der Waals surface area (Å²) in [5.41, 5.74) is 3.62. The van der Waals surface area contributed by atoms with E-state index in [1.54, 1.807) is 42.5 Å². The smallest absolute Gasteiger partial charge is 0.272 e. The first kappa shape index (κ1) is 30.6. The summed E-state index contributed by atoms with van der Waals surface area (Å²) in [5, 5.41) is 8.20. The Labute approximate surface area is 258 Å². The summed E-state index contributed by atoms with van der Waals surface area (Å²) in [6.07, 6.45) is 1.64. The maximum atomic E-state index is 13.3. The molecule has 42 heavy (non-hydrogen) atoms. The first-order chi connectivity index (χ1) is 20.2. The van der Waals surface area contributed by atoms with Crippen molar-refractivity contribution in [1.29, 1.82) is 0 Å². The minimum Gasteiger partial charge on any atom is -0.378 e. The van der Waals surface area contributed by atoms with Gasteiger partial charge in [0.1, 0.15) is 5.70 Å². The average molecular weight is 644 g/mol. The highest BCUT2D eigenvalue weighted by Gasteiger charge is 2.17. The topological polar surface area (TPSA) is 90.5 Å². The van der Waals surface area contributed by atoms with E-state index in [1.807, 2.05) is 92.6 Å². The fourth-order valence-electron chi connectivity index (χ4n) is 3.83. The second-order valence-electron chi connectivity index (χ2n) is 9.60. The summed E-state index contributed by atoms with van der Waals surface area (Å²) in [6, 6.07) is 31.0. The number of hydrogen-bond acceptors (Lipinski definition) is 5. The summed E-state index contributed by atoms with van der Waals surface area (Å²) < 4.78 is 0.940. The molecule has 0 aliphatic carbocycles. The van der Waals surface area contributed by atoms with Gasteiger partial charge in [0.15, 0.2) is 0 Å². The third-order valence-electron chi connectivity index (χ3n) is 6.16. The van der Waals surface area contributed by atoms with Crippen LogP contribution in [0.4, 0.5) is 17.1 Å². The number of nitrogens with one attached hydrogen (secondary N) is 3. The summed E-state index contributed by atoms with van der Waals surface area (Å²) in [4.78, 5) is 41.7. The van der Waals surface area contributed by atoms with Gasteiger partial charge in [0.2, 0.25) is 5.91 Å². The molecule has 0 aliphatic heterocycles. The van der Waals surface area contributed by atoms with Crippen LogP contribution >= 0.6 is 27.7 Å². The van der Waals surface area contributed by atoms with Crippen molar-refractivity contribution in [2.45, 2.75) is 17.1 Å². The molecule has 1 atom stereocenters. The number of anilines is 3. The first-order valence-corrected chi connectivity index (χ1v) is 14.9. The maximum absolute atomic E-state index is 13.3. The third-order valence-corrected chi connectivity index (χ3v) is 7.80. The van der Waals surface area contributed by atoms with Gasteiger partial charge in [0, 0.05) is 46.1 Å². The third kappa shape index (κ3) is 8.83. The van der Waals surface area contributed by atoms with E-state index < -0.39 is 5.91 Å². The lowest BCUT2D eigenvalue weighted by Gasteiger charge is -2.14. The Morgan fingerprint density at radius 3 is 2.00 bits per heavy atom. The van der Waals surface area contributed by atoms with Crippen molar-refractivity contribution < 1.29 is 14.4 Å². The Hall–Kier alpha value is -4.34. The molecule has 4 rings (SSSR count). The minimum absolute atomic E-state index is 0.109. The molecule has 4 aromatic carbocycles. The highest BCUT2D eigenvalue weighted by atomic mass is 79.9. The van der Waals surface area contributed by atoms with Crippen LogP contribution in [0.15, 0.2) is 118 Å². The highest BCUT2D eigenvalue weighted by Crippen LogP contribution is 2.26. The second-order valence-corrected chi connectivity index (χ2v) is 11.9. The second kappa shape index (κ2) is 14.5. The molecule has 4 aromatic rings. The van der Waals surface area contributed by atoms with Gasteiger partial charge in [0.25, 0.3) is 11.8 Å². The zero-order valence-corrected chi connectivity index (χ0v) is 25.8. The number of rotatable bonds is 10. The van der Waals surface area contributed by atoms with Crippen molar-refractivity contribution in [2.24, 2.45) is 0 Å². The predicted octanol–water partition coefficient (Wildman–Crippen LogP) is 7.04. The zero-order chi connectivity index (χ0) is 30.1. The number of hydrogen-bond donors (Lipinski definition) is 3. The van der Waals surface area contributed by atoms with E-state index in [9.17, 15) is 14.4 Å². The van der Waals surface area contributed by atoms with Crippen LogP contribution in [0.2, 0.25) is 0 Å². The van der Waals surface area contributed by atoms with E-state index in [0.29, 0.717) is 11.3 Å². The zero-order valence-electron chi connectivity index (χ0n) is 23.4. The molecule has 3 N–H and O–H groups in total. The summed E-state index contributed by atoms with van der Waals surface area (Å²) in [6.45, 7) is 1.84. The van der Waals surface area contributed by atoms with Crippen molar-refractivity contribution in [3.8, 4) is 0 Å². The Morgan fingerprint density at radius 2 is 1.38 bits per heavy atom. The number of halogens is 1. The summed E-state index contributed by atoms with van der Waals surface area (Å²) in [7, 11) is 3.90. The molecule has 0 spiro atoms. The quantitative estimate of drug-likeness (QED) is 0.127. The summed E-state index contributed by atoms with van der Waals surface area (Å²) in [5.74, 6) is -0.954. The number of carbonyl (C=O) groups is 3. The lowest BCUT2D eigenvalue weighted by Crippen LogP contribution is -2.30. The van der Waals surface area contributed by atoms with E-state index in [2.05, 4.69) is 31.9 Å². The molecule has 0 heterocycles. The molecule has 1 unspecified atom stereocenters. The van der Waals surface area contributed by atoms with Crippen LogP contribution in [0.5, 0.6) is 0 Å². The number of nitrogens with zero attached hydrogens (tertiary/aromatic N) is 1. The molecule has 7 nitrogen and oxygen atoms in total. The molecule has 0 aliphatic rings. The van der Waals surface area contributed by atoms with Crippen LogP contribution < -0.4 is 20.9 Å². The van der Waals surface area contributed by atoms with Gasteiger partial charge in [-0.25, -0.2) is 0 Å². The number of thioether (sulfide) groups is 1. The van der Waals surface area contributed by atoms with Crippen LogP contribution in [0.3, 0.4) is 0 Å². The first-order valence-electron chi connectivity index (χ1n) is 13.2. The van der Waals surface area contributed by atoms with Crippen LogP contribution in [-0.4, -0.2) is 37.1 Å². The van der Waals surface area contributed by atoms with Gasteiger partial charge in [-0.3, -0.25) is 14.4 Å². The molecule has 0 saturated carbocycles. The van der Waals surface area contributed by atoms with Gasteiger partial charge >= 0.3 is 0 Å². The normalized spacial score (nSPS) is 11.8. The van der Waals surface area contributed by atoms with Crippen LogP contribution in [0.1, 0.15) is 22.8 Å². The Morgan fingerprint density at radius 1 is 0.786 bits per heavy atom. The van der Waals surface area contributed by atoms with Crippen molar-refractivity contribution in [3.05, 3.63) is 124 Å². The largest absolute Gasteiger partial charge is 0.378 e. The molecular weight excluding hydrogens is 612 g/mol. The number of amides is 3. The van der Waals surface area contributed by atoms with Crippen LogP contribution in [0, 0.1) is 0 Å². The molecule has 9 heteroatoms. The lowest BCUT2D eigenvalue weighted by molar-refractivity contribution is -0.115. The molecule has 0 aromatic heterocycles.